The number of anilines is 1. The van der Waals surface area contributed by atoms with E-state index in [-0.39, 0.29) is 5.56 Å². The third-order valence-electron chi connectivity index (χ3n) is 4.16. The predicted molar refractivity (Wildman–Crippen MR) is 84.1 cm³/mol. The molecule has 21 heavy (non-hydrogen) atoms. The lowest BCUT2D eigenvalue weighted by atomic mass is 9.76. The van der Waals surface area contributed by atoms with Gasteiger partial charge in [-0.15, -0.1) is 0 Å². The van der Waals surface area contributed by atoms with Crippen LogP contribution in [0.1, 0.15) is 24.3 Å². The van der Waals surface area contributed by atoms with Crippen molar-refractivity contribution in [2.24, 2.45) is 7.05 Å². The van der Waals surface area contributed by atoms with Crippen LogP contribution in [0.4, 0.5) is 5.69 Å². The number of aromatic nitrogens is 1. The molecule has 0 spiro atoms. The highest BCUT2D eigenvalue weighted by molar-refractivity contribution is 5.43. The summed E-state index contributed by atoms with van der Waals surface area (Å²) in [6, 6.07) is 12.2. The van der Waals surface area contributed by atoms with Gasteiger partial charge in [0, 0.05) is 25.4 Å². The Labute approximate surface area is 124 Å². The number of ether oxygens (including phenoxy) is 1. The molecule has 3 rings (SSSR count). The summed E-state index contributed by atoms with van der Waals surface area (Å²) in [6.07, 6.45) is 4.06. The van der Waals surface area contributed by atoms with Gasteiger partial charge < -0.3 is 14.6 Å². The van der Waals surface area contributed by atoms with Crippen LogP contribution in [0.2, 0.25) is 0 Å². The van der Waals surface area contributed by atoms with Crippen molar-refractivity contribution in [1.82, 2.24) is 4.57 Å². The first-order valence-corrected chi connectivity index (χ1v) is 7.23. The third kappa shape index (κ3) is 2.94. The molecule has 1 fully saturated rings. The number of nitrogens with zero attached hydrogens (tertiary/aromatic N) is 1. The first-order valence-electron chi connectivity index (χ1n) is 7.23. The van der Waals surface area contributed by atoms with Crippen LogP contribution >= 0.6 is 0 Å². The second kappa shape index (κ2) is 5.64. The maximum Gasteiger partial charge on any atom is 0.250 e. The molecule has 0 saturated heterocycles. The highest BCUT2D eigenvalue weighted by atomic mass is 16.5. The van der Waals surface area contributed by atoms with Gasteiger partial charge in [-0.25, -0.2) is 0 Å². The standard InChI is InChI=1S/C17H20N2O2/c1-19-11-14(6-7-17(19)20)18-15-8-13(9-15)12-4-3-5-16(10-12)21-2/h3-7,10-11,13,15,18H,8-9H2,1-2H3. The minimum atomic E-state index is 0.0171. The van der Waals surface area contributed by atoms with Gasteiger partial charge in [0.2, 0.25) is 5.56 Å². The summed E-state index contributed by atoms with van der Waals surface area (Å²) >= 11 is 0. The van der Waals surface area contributed by atoms with Crippen molar-refractivity contribution in [3.05, 3.63) is 58.5 Å². The molecule has 1 saturated carbocycles. The first-order chi connectivity index (χ1) is 10.2. The topological polar surface area (TPSA) is 43.3 Å². The fourth-order valence-corrected chi connectivity index (χ4v) is 2.82. The zero-order chi connectivity index (χ0) is 14.8. The number of benzene rings is 1. The van der Waals surface area contributed by atoms with E-state index in [9.17, 15) is 4.79 Å². The van der Waals surface area contributed by atoms with E-state index in [1.54, 1.807) is 24.8 Å². The maximum absolute atomic E-state index is 11.4. The number of nitrogens with one attached hydrogen (secondary N) is 1. The van der Waals surface area contributed by atoms with Crippen LogP contribution < -0.4 is 15.6 Å². The van der Waals surface area contributed by atoms with Crippen LogP contribution in [-0.2, 0) is 7.05 Å². The third-order valence-corrected chi connectivity index (χ3v) is 4.16. The summed E-state index contributed by atoms with van der Waals surface area (Å²) < 4.78 is 6.87. The van der Waals surface area contributed by atoms with Crippen molar-refractivity contribution in [2.75, 3.05) is 12.4 Å². The Hall–Kier alpha value is -2.23. The van der Waals surface area contributed by atoms with Crippen molar-refractivity contribution in [3.8, 4) is 5.75 Å². The fraction of sp³-hybridized carbons (Fsp3) is 0.353. The van der Waals surface area contributed by atoms with Crippen LogP contribution in [0, 0.1) is 0 Å². The molecular weight excluding hydrogens is 264 g/mol. The largest absolute Gasteiger partial charge is 0.497 e. The van der Waals surface area contributed by atoms with Crippen molar-refractivity contribution in [3.63, 3.8) is 0 Å². The van der Waals surface area contributed by atoms with Crippen molar-refractivity contribution < 1.29 is 4.74 Å². The van der Waals surface area contributed by atoms with E-state index < -0.39 is 0 Å². The minimum Gasteiger partial charge on any atom is -0.497 e. The number of methoxy groups -OCH3 is 1. The van der Waals surface area contributed by atoms with Crippen LogP contribution in [0.25, 0.3) is 0 Å². The maximum atomic E-state index is 11.4. The van der Waals surface area contributed by atoms with Crippen LogP contribution in [-0.4, -0.2) is 17.7 Å². The van der Waals surface area contributed by atoms with Crippen molar-refractivity contribution >= 4 is 5.69 Å². The van der Waals surface area contributed by atoms with E-state index in [1.165, 1.54) is 5.56 Å². The number of pyridine rings is 1. The van der Waals surface area contributed by atoms with E-state index in [1.807, 2.05) is 24.4 Å². The summed E-state index contributed by atoms with van der Waals surface area (Å²) in [6.45, 7) is 0. The Morgan fingerprint density at radius 3 is 2.76 bits per heavy atom. The molecule has 1 aliphatic rings. The summed E-state index contributed by atoms with van der Waals surface area (Å²) in [4.78, 5) is 11.4. The van der Waals surface area contributed by atoms with E-state index in [0.29, 0.717) is 12.0 Å². The van der Waals surface area contributed by atoms with Crippen LogP contribution in [0.15, 0.2) is 47.4 Å². The van der Waals surface area contributed by atoms with Gasteiger partial charge in [0.1, 0.15) is 5.75 Å². The summed E-state index contributed by atoms with van der Waals surface area (Å²) in [5.41, 5.74) is 2.36. The molecule has 0 bridgehead atoms. The van der Waals surface area contributed by atoms with E-state index in [4.69, 9.17) is 4.74 Å². The van der Waals surface area contributed by atoms with Gasteiger partial charge in [-0.3, -0.25) is 4.79 Å². The summed E-state index contributed by atoms with van der Waals surface area (Å²) in [7, 11) is 3.47. The van der Waals surface area contributed by atoms with E-state index in [2.05, 4.69) is 17.4 Å². The normalized spacial score (nSPS) is 20.7. The fourth-order valence-electron chi connectivity index (χ4n) is 2.82. The van der Waals surface area contributed by atoms with Crippen LogP contribution in [0.5, 0.6) is 5.75 Å². The number of hydrogen-bond donors (Lipinski definition) is 1. The molecule has 2 aromatic rings. The zero-order valence-electron chi connectivity index (χ0n) is 12.4. The van der Waals surface area contributed by atoms with Gasteiger partial charge in [0.05, 0.1) is 12.8 Å². The van der Waals surface area contributed by atoms with Gasteiger partial charge in [0.25, 0.3) is 0 Å². The molecule has 1 heterocycles. The van der Waals surface area contributed by atoms with Gasteiger partial charge in [0.15, 0.2) is 0 Å². The molecule has 110 valence electrons. The number of hydrogen-bond acceptors (Lipinski definition) is 3. The van der Waals surface area contributed by atoms with Gasteiger partial charge in [-0.2, -0.15) is 0 Å². The van der Waals surface area contributed by atoms with Gasteiger partial charge in [-0.05, 0) is 42.5 Å². The highest BCUT2D eigenvalue weighted by Crippen LogP contribution is 2.39. The highest BCUT2D eigenvalue weighted by Gasteiger charge is 2.30. The van der Waals surface area contributed by atoms with Crippen molar-refractivity contribution in [2.45, 2.75) is 24.8 Å². The lowest BCUT2D eigenvalue weighted by Crippen LogP contribution is -2.34. The molecule has 1 aliphatic carbocycles. The Bertz CT molecular complexity index is 687. The molecule has 0 amide bonds. The van der Waals surface area contributed by atoms with Crippen LogP contribution in [0.3, 0.4) is 0 Å². The molecule has 0 atom stereocenters. The molecule has 4 nitrogen and oxygen atoms in total. The lowest BCUT2D eigenvalue weighted by Gasteiger charge is -2.37. The second-order valence-electron chi connectivity index (χ2n) is 5.65. The van der Waals surface area contributed by atoms with Crippen molar-refractivity contribution in [1.29, 1.82) is 0 Å². The molecule has 1 N–H and O–H groups in total. The number of aryl methyl sites for hydroxylation is 1. The molecule has 1 aromatic carbocycles. The Balaban J connectivity index is 1.60. The zero-order valence-corrected chi connectivity index (χ0v) is 12.4. The molecule has 0 unspecified atom stereocenters. The average Bonchev–Trinajstić information content (AvgIpc) is 2.46. The quantitative estimate of drug-likeness (QED) is 0.939. The van der Waals surface area contributed by atoms with E-state index in [0.717, 1.165) is 24.3 Å². The Morgan fingerprint density at radius 1 is 1.24 bits per heavy atom. The molecule has 4 heteroatoms. The average molecular weight is 284 g/mol. The smallest absolute Gasteiger partial charge is 0.250 e. The predicted octanol–water partition coefficient (Wildman–Crippen LogP) is 2.75. The Morgan fingerprint density at radius 2 is 2.05 bits per heavy atom. The first kappa shape index (κ1) is 13.7. The SMILES string of the molecule is COc1cccc(C2CC(Nc3ccc(=O)n(C)c3)C2)c1. The Kier molecular flexibility index (Phi) is 3.69. The second-order valence-corrected chi connectivity index (χ2v) is 5.65. The summed E-state index contributed by atoms with van der Waals surface area (Å²) in [5, 5.41) is 3.48. The van der Waals surface area contributed by atoms with Gasteiger partial charge >= 0.3 is 0 Å². The van der Waals surface area contributed by atoms with Gasteiger partial charge in [-0.1, -0.05) is 12.1 Å². The molecular formula is C17H20N2O2. The molecule has 1 aromatic heterocycles. The molecule has 0 radical (unpaired) electrons. The monoisotopic (exact) mass is 284 g/mol. The number of rotatable bonds is 4. The van der Waals surface area contributed by atoms with E-state index >= 15 is 0 Å². The molecule has 0 aliphatic heterocycles. The summed E-state index contributed by atoms with van der Waals surface area (Å²) in [5.74, 6) is 1.51. The minimum absolute atomic E-state index is 0.0171. The lowest BCUT2D eigenvalue weighted by molar-refractivity contribution is 0.370.